The summed E-state index contributed by atoms with van der Waals surface area (Å²) in [6.45, 7) is -0.0407. The van der Waals surface area contributed by atoms with Crippen molar-refractivity contribution in [3.63, 3.8) is 0 Å². The van der Waals surface area contributed by atoms with Crippen LogP contribution < -0.4 is 21.6 Å². The van der Waals surface area contributed by atoms with Crippen molar-refractivity contribution in [2.45, 2.75) is 25.4 Å². The average Bonchev–Trinajstić information content (AvgIpc) is 3.22. The highest BCUT2D eigenvalue weighted by Gasteiger charge is 2.33. The molecule has 0 saturated carbocycles. The van der Waals surface area contributed by atoms with Crippen molar-refractivity contribution in [1.29, 1.82) is 0 Å². The van der Waals surface area contributed by atoms with Crippen LogP contribution in [0.25, 0.3) is 11.2 Å². The SMILES string of the molecule is Nc1nc2ncc(CN(c3ccc(C(=O)N[C@@H](CCC(=O)O)C(=O)O)cc3)N3C(=O)CSC3=S)nc2c(=O)[nH]1. The molecule has 1 aromatic carbocycles. The standard InChI is InChI=1S/C22H20N8O7S2/c23-21-27-17-16(19(35)28-21)25-11(7-24-17)8-29(30-14(31)9-39-22(30)38)12-3-1-10(2-4-12)18(34)26-13(20(36)37)5-6-15(32)33/h1-4,7,13H,5-6,8-9H2,(H,26,34)(H,32,33)(H,36,37)(H3,23,24,27,28,35)/t13-/m0/s1. The van der Waals surface area contributed by atoms with Gasteiger partial charge in [0, 0.05) is 12.0 Å². The van der Waals surface area contributed by atoms with Crippen molar-refractivity contribution >= 4 is 74.9 Å². The number of carbonyl (C=O) groups is 4. The lowest BCUT2D eigenvalue weighted by Gasteiger charge is -2.32. The zero-order chi connectivity index (χ0) is 28.3. The number of nitrogens with zero attached hydrogens (tertiary/aromatic N) is 5. The zero-order valence-corrected chi connectivity index (χ0v) is 21.5. The molecule has 3 aromatic rings. The van der Waals surface area contributed by atoms with Crippen LogP contribution in [-0.4, -0.2) is 75.0 Å². The van der Waals surface area contributed by atoms with Gasteiger partial charge in [-0.05, 0) is 30.7 Å². The van der Waals surface area contributed by atoms with Gasteiger partial charge < -0.3 is 21.3 Å². The van der Waals surface area contributed by atoms with Crippen LogP contribution in [0.3, 0.4) is 0 Å². The summed E-state index contributed by atoms with van der Waals surface area (Å²) in [5.74, 6) is -3.56. The van der Waals surface area contributed by atoms with Crippen LogP contribution in [-0.2, 0) is 20.9 Å². The van der Waals surface area contributed by atoms with Gasteiger partial charge in [-0.2, -0.15) is 4.98 Å². The number of fused-ring (bicyclic) bond motifs is 1. The maximum absolute atomic E-state index is 12.7. The van der Waals surface area contributed by atoms with Gasteiger partial charge in [-0.25, -0.2) is 19.8 Å². The Morgan fingerprint density at radius 1 is 1.21 bits per heavy atom. The number of aromatic nitrogens is 4. The monoisotopic (exact) mass is 572 g/mol. The van der Waals surface area contributed by atoms with E-state index in [1.54, 1.807) is 0 Å². The van der Waals surface area contributed by atoms with Crippen LogP contribution in [0.4, 0.5) is 11.6 Å². The highest BCUT2D eigenvalue weighted by molar-refractivity contribution is 8.24. The number of thiocarbonyl (C=S) groups is 1. The van der Waals surface area contributed by atoms with Gasteiger partial charge in [0.1, 0.15) is 6.04 Å². The Hall–Kier alpha value is -4.64. The van der Waals surface area contributed by atoms with E-state index >= 15 is 0 Å². The van der Waals surface area contributed by atoms with E-state index in [0.717, 1.165) is 0 Å². The Balaban J connectivity index is 1.61. The molecule has 39 heavy (non-hydrogen) atoms. The second-order valence-electron chi connectivity index (χ2n) is 8.15. The Labute approximate surface area is 228 Å². The van der Waals surface area contributed by atoms with E-state index < -0.39 is 35.9 Å². The van der Waals surface area contributed by atoms with E-state index in [2.05, 4.69) is 25.3 Å². The largest absolute Gasteiger partial charge is 0.481 e. The number of thioether (sulfide) groups is 1. The average molecular weight is 573 g/mol. The van der Waals surface area contributed by atoms with Crippen LogP contribution in [0.15, 0.2) is 35.3 Å². The van der Waals surface area contributed by atoms with Gasteiger partial charge in [0.25, 0.3) is 17.4 Å². The summed E-state index contributed by atoms with van der Waals surface area (Å²) in [5.41, 5.74) is 5.80. The number of carbonyl (C=O) groups excluding carboxylic acids is 2. The van der Waals surface area contributed by atoms with Crippen molar-refractivity contribution in [3.05, 3.63) is 52.1 Å². The Kier molecular flexibility index (Phi) is 8.01. The molecule has 0 radical (unpaired) electrons. The minimum atomic E-state index is -1.39. The number of aromatic amines is 1. The second-order valence-corrected chi connectivity index (χ2v) is 9.76. The zero-order valence-electron chi connectivity index (χ0n) is 19.9. The molecule has 1 fully saturated rings. The number of hydrazine groups is 1. The molecule has 2 aromatic heterocycles. The molecule has 4 rings (SSSR count). The van der Waals surface area contributed by atoms with Crippen LogP contribution in [0.1, 0.15) is 28.9 Å². The number of amides is 2. The summed E-state index contributed by atoms with van der Waals surface area (Å²) in [6, 6.07) is 4.47. The predicted molar refractivity (Wildman–Crippen MR) is 143 cm³/mol. The number of aliphatic carboxylic acids is 2. The van der Waals surface area contributed by atoms with E-state index in [1.807, 2.05) is 0 Å². The molecule has 0 spiro atoms. The van der Waals surface area contributed by atoms with E-state index in [4.69, 9.17) is 23.1 Å². The third kappa shape index (κ3) is 6.27. The number of benzene rings is 1. The molecule has 0 aliphatic carbocycles. The van der Waals surface area contributed by atoms with Crippen molar-refractivity contribution < 1.29 is 29.4 Å². The van der Waals surface area contributed by atoms with E-state index in [-0.39, 0.29) is 51.6 Å². The number of H-pyrrole nitrogens is 1. The lowest BCUT2D eigenvalue weighted by molar-refractivity contribution is -0.140. The van der Waals surface area contributed by atoms with Gasteiger partial charge in [0.2, 0.25) is 5.95 Å². The molecule has 2 amide bonds. The lowest BCUT2D eigenvalue weighted by Crippen LogP contribution is -2.45. The Bertz CT molecular complexity index is 1530. The van der Waals surface area contributed by atoms with Crippen molar-refractivity contribution in [2.24, 2.45) is 0 Å². The molecule has 0 unspecified atom stereocenters. The minimum absolute atomic E-state index is 0.0407. The summed E-state index contributed by atoms with van der Waals surface area (Å²) in [6.07, 6.45) is 0.662. The first-order valence-electron chi connectivity index (χ1n) is 11.2. The fourth-order valence-corrected chi connectivity index (χ4v) is 4.68. The molecule has 15 nitrogen and oxygen atoms in total. The number of nitrogens with one attached hydrogen (secondary N) is 2. The van der Waals surface area contributed by atoms with Gasteiger partial charge >= 0.3 is 11.9 Å². The number of hydrogen-bond acceptors (Lipinski definition) is 12. The first-order chi connectivity index (χ1) is 18.5. The van der Waals surface area contributed by atoms with Crippen LogP contribution in [0.5, 0.6) is 0 Å². The summed E-state index contributed by atoms with van der Waals surface area (Å²) in [5, 5.41) is 23.2. The van der Waals surface area contributed by atoms with E-state index in [9.17, 15) is 29.1 Å². The quantitative estimate of drug-likeness (QED) is 0.204. The summed E-state index contributed by atoms with van der Waals surface area (Å²) in [7, 11) is 0. The third-order valence-electron chi connectivity index (χ3n) is 5.45. The lowest BCUT2D eigenvalue weighted by atomic mass is 10.1. The molecule has 6 N–H and O–H groups in total. The van der Waals surface area contributed by atoms with Gasteiger partial charge in [-0.1, -0.05) is 24.0 Å². The Morgan fingerprint density at radius 3 is 2.54 bits per heavy atom. The Morgan fingerprint density at radius 2 is 1.92 bits per heavy atom. The molecular weight excluding hydrogens is 552 g/mol. The molecule has 202 valence electrons. The number of nitrogen functional groups attached to an aromatic ring is 1. The summed E-state index contributed by atoms with van der Waals surface area (Å²) < 4.78 is 0.283. The van der Waals surface area contributed by atoms with Crippen molar-refractivity contribution in [1.82, 2.24) is 30.3 Å². The number of rotatable bonds is 10. The molecule has 1 saturated heterocycles. The molecule has 1 atom stereocenters. The second kappa shape index (κ2) is 11.4. The van der Waals surface area contributed by atoms with Crippen LogP contribution in [0, 0.1) is 0 Å². The number of nitrogens with two attached hydrogens (primary N) is 1. The topological polar surface area (TPSA) is 225 Å². The first-order valence-corrected chi connectivity index (χ1v) is 12.6. The fourth-order valence-electron chi connectivity index (χ4n) is 3.61. The predicted octanol–water partition coefficient (Wildman–Crippen LogP) is 0.125. The summed E-state index contributed by atoms with van der Waals surface area (Å²) >= 11 is 6.52. The third-order valence-corrected chi connectivity index (χ3v) is 6.78. The first kappa shape index (κ1) is 27.4. The fraction of sp³-hybridized carbons (Fsp3) is 0.227. The summed E-state index contributed by atoms with van der Waals surface area (Å²) in [4.78, 5) is 74.5. The van der Waals surface area contributed by atoms with E-state index in [0.29, 0.717) is 11.4 Å². The smallest absolute Gasteiger partial charge is 0.326 e. The van der Waals surface area contributed by atoms with Crippen LogP contribution >= 0.6 is 24.0 Å². The van der Waals surface area contributed by atoms with Gasteiger partial charge in [0.15, 0.2) is 15.5 Å². The maximum Gasteiger partial charge on any atom is 0.326 e. The number of carboxylic acids is 2. The highest BCUT2D eigenvalue weighted by Crippen LogP contribution is 2.28. The van der Waals surface area contributed by atoms with Crippen molar-refractivity contribution in [3.8, 4) is 0 Å². The number of carboxylic acid groups (broad SMARTS) is 2. The molecule has 3 heterocycles. The van der Waals surface area contributed by atoms with Gasteiger partial charge in [0.05, 0.1) is 29.9 Å². The highest BCUT2D eigenvalue weighted by atomic mass is 32.2. The van der Waals surface area contributed by atoms with Gasteiger partial charge in [-0.15, -0.1) is 0 Å². The molecule has 0 bridgehead atoms. The minimum Gasteiger partial charge on any atom is -0.481 e. The van der Waals surface area contributed by atoms with Crippen molar-refractivity contribution in [2.75, 3.05) is 16.5 Å². The maximum atomic E-state index is 12.7. The number of anilines is 2. The van der Waals surface area contributed by atoms with Crippen LogP contribution in [0.2, 0.25) is 0 Å². The van der Waals surface area contributed by atoms with Gasteiger partial charge in [-0.3, -0.25) is 29.2 Å². The number of hydrogen-bond donors (Lipinski definition) is 5. The molecular formula is C22H20N8O7S2. The normalized spacial score (nSPS) is 13.9. The molecule has 1 aliphatic rings. The molecule has 17 heteroatoms. The van der Waals surface area contributed by atoms with E-state index in [1.165, 1.54) is 52.2 Å². The molecule has 1 aliphatic heterocycles.